The molecule has 18 heavy (non-hydrogen) atoms. The molecule has 1 N–H and O–H groups in total. The minimum absolute atomic E-state index is 0.0799. The zero-order chi connectivity index (χ0) is 13.2. The van der Waals surface area contributed by atoms with Gasteiger partial charge in [0.1, 0.15) is 0 Å². The monoisotopic (exact) mass is 248 g/mol. The topological polar surface area (TPSA) is 36.4 Å². The largest absolute Gasteiger partial charge is 0.392 e. The fraction of sp³-hybridized carbons (Fsp3) is 0.667. The van der Waals surface area contributed by atoms with Crippen LogP contribution in [-0.2, 0) is 6.54 Å². The van der Waals surface area contributed by atoms with E-state index in [1.54, 1.807) is 0 Å². The lowest BCUT2D eigenvalue weighted by Gasteiger charge is -2.28. The van der Waals surface area contributed by atoms with Crippen LogP contribution in [0.2, 0.25) is 0 Å². The Kier molecular flexibility index (Phi) is 4.03. The molecule has 1 aliphatic carbocycles. The molecule has 100 valence electrons. The average Bonchev–Trinajstić information content (AvgIpc) is 2.57. The van der Waals surface area contributed by atoms with Gasteiger partial charge in [-0.05, 0) is 43.4 Å². The number of rotatable bonds is 4. The summed E-state index contributed by atoms with van der Waals surface area (Å²) in [5, 5.41) is 10.3. The summed E-state index contributed by atoms with van der Waals surface area (Å²) >= 11 is 0. The van der Waals surface area contributed by atoms with E-state index in [2.05, 4.69) is 30.8 Å². The summed E-state index contributed by atoms with van der Waals surface area (Å²) < 4.78 is 0. The standard InChI is InChI=1S/C15H24N2O/c1-15(2)8-7-12(14(15)18)10-17(3)11-13-6-4-5-9-16-13/h4-6,9,12,14,18H,7-8,10-11H2,1-3H3. The quantitative estimate of drug-likeness (QED) is 0.888. The lowest BCUT2D eigenvalue weighted by molar-refractivity contribution is 0.0347. The van der Waals surface area contributed by atoms with Crippen LogP contribution in [0.4, 0.5) is 0 Å². The lowest BCUT2D eigenvalue weighted by atomic mass is 9.87. The Morgan fingerprint density at radius 2 is 2.22 bits per heavy atom. The summed E-state index contributed by atoms with van der Waals surface area (Å²) in [5.41, 5.74) is 1.17. The van der Waals surface area contributed by atoms with Crippen molar-refractivity contribution in [3.8, 4) is 0 Å². The summed E-state index contributed by atoms with van der Waals surface area (Å²) in [6, 6.07) is 6.00. The first-order valence-corrected chi connectivity index (χ1v) is 6.75. The Hall–Kier alpha value is -0.930. The molecule has 0 bridgehead atoms. The number of hydrogen-bond acceptors (Lipinski definition) is 3. The van der Waals surface area contributed by atoms with Crippen LogP contribution in [0.5, 0.6) is 0 Å². The molecule has 0 aromatic carbocycles. The van der Waals surface area contributed by atoms with Gasteiger partial charge in [0.25, 0.3) is 0 Å². The van der Waals surface area contributed by atoms with Gasteiger partial charge < -0.3 is 10.0 Å². The van der Waals surface area contributed by atoms with Crippen molar-refractivity contribution in [1.29, 1.82) is 0 Å². The van der Waals surface area contributed by atoms with Crippen LogP contribution in [0.25, 0.3) is 0 Å². The highest BCUT2D eigenvalue weighted by molar-refractivity contribution is 5.03. The van der Waals surface area contributed by atoms with Crippen molar-refractivity contribution in [2.75, 3.05) is 13.6 Å². The second kappa shape index (κ2) is 5.37. The number of aliphatic hydroxyl groups excluding tert-OH is 1. The Labute approximate surface area is 110 Å². The summed E-state index contributed by atoms with van der Waals surface area (Å²) in [6.45, 7) is 6.12. The van der Waals surface area contributed by atoms with Crippen molar-refractivity contribution >= 4 is 0 Å². The smallest absolute Gasteiger partial charge is 0.0631 e. The molecular weight excluding hydrogens is 224 g/mol. The van der Waals surface area contributed by atoms with Crippen molar-refractivity contribution in [3.63, 3.8) is 0 Å². The third-order valence-electron chi connectivity index (χ3n) is 4.11. The maximum absolute atomic E-state index is 10.3. The summed E-state index contributed by atoms with van der Waals surface area (Å²) in [4.78, 5) is 6.60. The first kappa shape index (κ1) is 13.5. The predicted molar refractivity (Wildman–Crippen MR) is 73.1 cm³/mol. The molecule has 2 atom stereocenters. The minimum Gasteiger partial charge on any atom is -0.392 e. The van der Waals surface area contributed by atoms with Gasteiger partial charge in [0.05, 0.1) is 11.8 Å². The van der Waals surface area contributed by atoms with Gasteiger partial charge in [-0.2, -0.15) is 0 Å². The summed E-state index contributed by atoms with van der Waals surface area (Å²) in [5.74, 6) is 0.397. The van der Waals surface area contributed by atoms with Gasteiger partial charge in [0.15, 0.2) is 0 Å². The Morgan fingerprint density at radius 3 is 2.78 bits per heavy atom. The molecule has 3 nitrogen and oxygen atoms in total. The van der Waals surface area contributed by atoms with Crippen molar-refractivity contribution in [3.05, 3.63) is 30.1 Å². The molecule has 2 rings (SSSR count). The number of nitrogens with zero attached hydrogens (tertiary/aromatic N) is 2. The van der Waals surface area contributed by atoms with E-state index in [1.807, 2.05) is 24.4 Å². The molecule has 0 aliphatic heterocycles. The number of aliphatic hydroxyl groups is 1. The SMILES string of the molecule is CN(Cc1ccccn1)CC1CCC(C)(C)C1O. The van der Waals surface area contributed by atoms with E-state index in [0.29, 0.717) is 5.92 Å². The van der Waals surface area contributed by atoms with E-state index >= 15 is 0 Å². The molecule has 0 radical (unpaired) electrons. The van der Waals surface area contributed by atoms with Gasteiger partial charge in [-0.1, -0.05) is 19.9 Å². The van der Waals surface area contributed by atoms with Crippen LogP contribution in [0.3, 0.4) is 0 Å². The highest BCUT2D eigenvalue weighted by Gasteiger charge is 2.40. The normalized spacial score (nSPS) is 26.7. The predicted octanol–water partition coefficient (Wildman–Crippen LogP) is 2.31. The Bertz CT molecular complexity index is 377. The Morgan fingerprint density at radius 1 is 1.44 bits per heavy atom. The van der Waals surface area contributed by atoms with Crippen LogP contribution in [0.1, 0.15) is 32.4 Å². The lowest BCUT2D eigenvalue weighted by Crippen LogP contribution is -2.34. The van der Waals surface area contributed by atoms with Gasteiger partial charge in [-0.25, -0.2) is 0 Å². The molecule has 2 unspecified atom stereocenters. The zero-order valence-electron chi connectivity index (χ0n) is 11.6. The van der Waals surface area contributed by atoms with Crippen molar-refractivity contribution in [2.24, 2.45) is 11.3 Å². The van der Waals surface area contributed by atoms with Crippen molar-refractivity contribution < 1.29 is 5.11 Å². The van der Waals surface area contributed by atoms with E-state index < -0.39 is 0 Å². The molecule has 0 saturated heterocycles. The first-order valence-electron chi connectivity index (χ1n) is 6.75. The number of aromatic nitrogens is 1. The molecule has 1 heterocycles. The second-order valence-corrected chi connectivity index (χ2v) is 6.25. The van der Waals surface area contributed by atoms with Crippen LogP contribution >= 0.6 is 0 Å². The first-order chi connectivity index (χ1) is 8.49. The van der Waals surface area contributed by atoms with Crippen molar-refractivity contribution in [2.45, 2.75) is 39.3 Å². The molecule has 0 spiro atoms. The zero-order valence-corrected chi connectivity index (χ0v) is 11.6. The molecule has 1 aromatic heterocycles. The van der Waals surface area contributed by atoms with Crippen LogP contribution in [0.15, 0.2) is 24.4 Å². The summed E-state index contributed by atoms with van der Waals surface area (Å²) in [6.07, 6.45) is 3.90. The van der Waals surface area contributed by atoms with Gasteiger partial charge in [0.2, 0.25) is 0 Å². The van der Waals surface area contributed by atoms with Crippen LogP contribution in [0, 0.1) is 11.3 Å². The molecular formula is C15H24N2O. The van der Waals surface area contributed by atoms with Gasteiger partial charge in [-0.15, -0.1) is 0 Å². The molecule has 1 saturated carbocycles. The van der Waals surface area contributed by atoms with Crippen LogP contribution < -0.4 is 0 Å². The fourth-order valence-corrected chi connectivity index (χ4v) is 2.93. The van der Waals surface area contributed by atoms with E-state index in [4.69, 9.17) is 0 Å². The highest BCUT2D eigenvalue weighted by atomic mass is 16.3. The van der Waals surface area contributed by atoms with Crippen molar-refractivity contribution in [1.82, 2.24) is 9.88 Å². The number of hydrogen-bond donors (Lipinski definition) is 1. The summed E-state index contributed by atoms with van der Waals surface area (Å²) in [7, 11) is 2.10. The second-order valence-electron chi connectivity index (χ2n) is 6.25. The van der Waals surface area contributed by atoms with E-state index in [1.165, 1.54) is 0 Å². The van der Waals surface area contributed by atoms with Crippen LogP contribution in [-0.4, -0.2) is 34.7 Å². The Balaban J connectivity index is 1.87. The molecule has 0 amide bonds. The fourth-order valence-electron chi connectivity index (χ4n) is 2.93. The molecule has 1 fully saturated rings. The third-order valence-corrected chi connectivity index (χ3v) is 4.11. The van der Waals surface area contributed by atoms with E-state index in [9.17, 15) is 5.11 Å². The van der Waals surface area contributed by atoms with E-state index in [0.717, 1.165) is 31.6 Å². The molecule has 3 heteroatoms. The maximum atomic E-state index is 10.3. The minimum atomic E-state index is -0.177. The van der Waals surface area contributed by atoms with Gasteiger partial charge in [-0.3, -0.25) is 4.98 Å². The van der Waals surface area contributed by atoms with Gasteiger partial charge in [0, 0.05) is 19.3 Å². The molecule has 1 aromatic rings. The van der Waals surface area contributed by atoms with Gasteiger partial charge >= 0.3 is 0 Å². The maximum Gasteiger partial charge on any atom is 0.0631 e. The van der Waals surface area contributed by atoms with E-state index in [-0.39, 0.29) is 11.5 Å². The average molecular weight is 248 g/mol. The molecule has 1 aliphatic rings. The number of pyridine rings is 1. The third kappa shape index (κ3) is 3.09. The highest BCUT2D eigenvalue weighted by Crippen LogP contribution is 2.41.